The average molecular weight is 394 g/mol. The van der Waals surface area contributed by atoms with Gasteiger partial charge in [-0.25, -0.2) is 0 Å². The normalized spacial score (nSPS) is 12.3. The highest BCUT2D eigenvalue weighted by Crippen LogP contribution is 2.36. The van der Waals surface area contributed by atoms with E-state index in [1.807, 2.05) is 17.4 Å². The van der Waals surface area contributed by atoms with Crippen LogP contribution in [0.2, 0.25) is 0 Å². The molecule has 5 aromatic rings. The van der Waals surface area contributed by atoms with Crippen LogP contribution in [0.3, 0.4) is 0 Å². The molecule has 3 aromatic carbocycles. The molecule has 0 aliphatic heterocycles. The molecule has 0 fully saturated rings. The summed E-state index contributed by atoms with van der Waals surface area (Å²) in [6.45, 7) is 8.22. The Morgan fingerprint density at radius 3 is 2.66 bits per heavy atom. The maximum absolute atomic E-state index is 3.94. The number of nitrogens with one attached hydrogen (secondary N) is 1. The van der Waals surface area contributed by atoms with Crippen LogP contribution < -0.4 is 0 Å². The summed E-state index contributed by atoms with van der Waals surface area (Å²) in [6, 6.07) is 22.1. The summed E-state index contributed by atoms with van der Waals surface area (Å²) in [7, 11) is 0. The Morgan fingerprint density at radius 2 is 1.79 bits per heavy atom. The van der Waals surface area contributed by atoms with Gasteiger partial charge in [-0.1, -0.05) is 60.2 Å². The number of rotatable bonds is 4. The molecular formula is C27H23NS. The number of fused-ring (bicyclic) bond motifs is 4. The molecule has 0 saturated heterocycles. The SMILES string of the molecule is C=C/C(C)=C\c1c(Cc2ccc3[nH]c4ccccc4c3c2)sc2ccc(C)cc12. The second-order valence-electron chi connectivity index (χ2n) is 7.76. The van der Waals surface area contributed by atoms with Crippen LogP contribution in [0.4, 0.5) is 0 Å². The second kappa shape index (κ2) is 7.06. The van der Waals surface area contributed by atoms with Crippen molar-refractivity contribution in [3.8, 4) is 0 Å². The van der Waals surface area contributed by atoms with Gasteiger partial charge in [0.25, 0.3) is 0 Å². The molecule has 0 aliphatic rings. The molecule has 0 atom stereocenters. The molecule has 29 heavy (non-hydrogen) atoms. The molecule has 142 valence electrons. The Hall–Kier alpha value is -3.10. The zero-order valence-electron chi connectivity index (χ0n) is 16.8. The van der Waals surface area contributed by atoms with E-state index in [1.165, 1.54) is 59.0 Å². The van der Waals surface area contributed by atoms with Gasteiger partial charge in [-0.3, -0.25) is 0 Å². The number of benzene rings is 3. The maximum atomic E-state index is 3.94. The van der Waals surface area contributed by atoms with Gasteiger partial charge in [0.15, 0.2) is 0 Å². The fourth-order valence-corrected chi connectivity index (χ4v) is 5.25. The molecule has 0 unspecified atom stereocenters. The van der Waals surface area contributed by atoms with Crippen molar-refractivity contribution >= 4 is 49.3 Å². The van der Waals surface area contributed by atoms with E-state index in [1.54, 1.807) is 0 Å². The molecule has 0 amide bonds. The number of allylic oxidation sites excluding steroid dienone is 2. The summed E-state index contributed by atoms with van der Waals surface area (Å²) in [5.41, 5.74) is 7.57. The largest absolute Gasteiger partial charge is 0.355 e. The van der Waals surface area contributed by atoms with E-state index < -0.39 is 0 Å². The van der Waals surface area contributed by atoms with Crippen molar-refractivity contribution in [2.45, 2.75) is 20.3 Å². The Kier molecular flexibility index (Phi) is 4.37. The van der Waals surface area contributed by atoms with Crippen LogP contribution in [0.1, 0.15) is 28.5 Å². The van der Waals surface area contributed by atoms with Gasteiger partial charge < -0.3 is 4.98 Å². The lowest BCUT2D eigenvalue weighted by atomic mass is 10.0. The molecule has 0 bridgehead atoms. The smallest absolute Gasteiger partial charge is 0.0465 e. The van der Waals surface area contributed by atoms with Gasteiger partial charge in [-0.15, -0.1) is 11.3 Å². The third-order valence-corrected chi connectivity index (χ3v) is 6.77. The van der Waals surface area contributed by atoms with Gasteiger partial charge in [0, 0.05) is 43.2 Å². The van der Waals surface area contributed by atoms with Gasteiger partial charge in [-0.05, 0) is 55.3 Å². The zero-order valence-corrected chi connectivity index (χ0v) is 17.6. The molecular weight excluding hydrogens is 370 g/mol. The summed E-state index contributed by atoms with van der Waals surface area (Å²) in [5.74, 6) is 0. The van der Waals surface area contributed by atoms with Gasteiger partial charge in [0.1, 0.15) is 0 Å². The van der Waals surface area contributed by atoms with Gasteiger partial charge in [0.2, 0.25) is 0 Å². The first kappa shape index (κ1) is 18.0. The van der Waals surface area contributed by atoms with Crippen molar-refractivity contribution in [2.75, 3.05) is 0 Å². The lowest BCUT2D eigenvalue weighted by Gasteiger charge is -2.04. The van der Waals surface area contributed by atoms with Crippen LogP contribution in [-0.4, -0.2) is 4.98 Å². The molecule has 2 heterocycles. The van der Waals surface area contributed by atoms with E-state index in [0.29, 0.717) is 0 Å². The minimum atomic E-state index is 0.935. The van der Waals surface area contributed by atoms with Crippen LogP contribution in [0.15, 0.2) is 78.9 Å². The number of aromatic nitrogens is 1. The van der Waals surface area contributed by atoms with Crippen LogP contribution in [0.5, 0.6) is 0 Å². The van der Waals surface area contributed by atoms with Crippen LogP contribution in [-0.2, 0) is 6.42 Å². The van der Waals surface area contributed by atoms with Crippen molar-refractivity contribution in [2.24, 2.45) is 0 Å². The summed E-state index contributed by atoms with van der Waals surface area (Å²) < 4.78 is 1.35. The number of hydrogen-bond donors (Lipinski definition) is 1. The Balaban J connectivity index is 1.65. The van der Waals surface area contributed by atoms with Crippen LogP contribution in [0.25, 0.3) is 38.0 Å². The highest BCUT2D eigenvalue weighted by atomic mass is 32.1. The van der Waals surface area contributed by atoms with Crippen LogP contribution >= 0.6 is 11.3 Å². The van der Waals surface area contributed by atoms with Crippen molar-refractivity contribution in [1.82, 2.24) is 4.98 Å². The molecule has 0 saturated carbocycles. The van der Waals surface area contributed by atoms with Crippen molar-refractivity contribution in [1.29, 1.82) is 0 Å². The molecule has 2 heteroatoms. The standard InChI is InChI=1S/C27H23NS/c1-4-17(2)13-23-22-14-18(3)9-12-26(22)29-27(23)16-19-10-11-25-21(15-19)20-7-5-6-8-24(20)28-25/h4-15,28H,1,16H2,2-3H3/b17-13-. The van der Waals surface area contributed by atoms with Crippen molar-refractivity contribution in [3.05, 3.63) is 100 Å². The van der Waals surface area contributed by atoms with Crippen LogP contribution in [0, 0.1) is 6.92 Å². The number of thiophene rings is 1. The fourth-order valence-electron chi connectivity index (χ4n) is 4.05. The third kappa shape index (κ3) is 3.20. The summed E-state index contributed by atoms with van der Waals surface area (Å²) >= 11 is 1.90. The van der Waals surface area contributed by atoms with Crippen molar-refractivity contribution < 1.29 is 0 Å². The highest BCUT2D eigenvalue weighted by molar-refractivity contribution is 7.19. The number of hydrogen-bond acceptors (Lipinski definition) is 1. The number of aromatic amines is 1. The lowest BCUT2D eigenvalue weighted by molar-refractivity contribution is 1.24. The van der Waals surface area contributed by atoms with E-state index in [0.717, 1.165) is 6.42 Å². The second-order valence-corrected chi connectivity index (χ2v) is 8.90. The number of aryl methyl sites for hydroxylation is 1. The van der Waals surface area contributed by atoms with Crippen molar-refractivity contribution in [3.63, 3.8) is 0 Å². The van der Waals surface area contributed by atoms with Gasteiger partial charge in [-0.2, -0.15) is 0 Å². The van der Waals surface area contributed by atoms with E-state index in [9.17, 15) is 0 Å². The molecule has 1 nitrogen and oxygen atoms in total. The predicted octanol–water partition coefficient (Wildman–Crippen LogP) is 8.02. The first-order chi connectivity index (χ1) is 14.1. The third-order valence-electron chi connectivity index (χ3n) is 5.59. The predicted molar refractivity (Wildman–Crippen MR) is 129 cm³/mol. The monoisotopic (exact) mass is 393 g/mol. The molecule has 2 aromatic heterocycles. The minimum absolute atomic E-state index is 0.935. The molecule has 0 aliphatic carbocycles. The fraction of sp³-hybridized carbons (Fsp3) is 0.111. The number of para-hydroxylation sites is 1. The minimum Gasteiger partial charge on any atom is -0.355 e. The Labute approximate surface area is 175 Å². The van der Waals surface area contributed by atoms with E-state index in [4.69, 9.17) is 0 Å². The van der Waals surface area contributed by atoms with E-state index in [-0.39, 0.29) is 0 Å². The quantitative estimate of drug-likeness (QED) is 0.297. The lowest BCUT2D eigenvalue weighted by Crippen LogP contribution is -1.88. The highest BCUT2D eigenvalue weighted by Gasteiger charge is 2.13. The topological polar surface area (TPSA) is 15.8 Å². The summed E-state index contributed by atoms with van der Waals surface area (Å²) in [4.78, 5) is 4.93. The maximum Gasteiger partial charge on any atom is 0.0465 e. The van der Waals surface area contributed by atoms with Gasteiger partial charge in [0.05, 0.1) is 0 Å². The average Bonchev–Trinajstić information content (AvgIpc) is 3.26. The molecule has 1 N–H and O–H groups in total. The van der Waals surface area contributed by atoms with Gasteiger partial charge >= 0.3 is 0 Å². The number of H-pyrrole nitrogens is 1. The summed E-state index contributed by atoms with van der Waals surface area (Å²) in [6.07, 6.45) is 5.15. The zero-order chi connectivity index (χ0) is 20.0. The first-order valence-corrected chi connectivity index (χ1v) is 10.8. The Morgan fingerprint density at radius 1 is 0.966 bits per heavy atom. The summed E-state index contributed by atoms with van der Waals surface area (Å²) in [5, 5.41) is 3.94. The van der Waals surface area contributed by atoms with E-state index in [2.05, 4.69) is 92.2 Å². The molecule has 0 spiro atoms. The first-order valence-electron chi connectivity index (χ1n) is 9.94. The Bertz CT molecular complexity index is 1410. The van der Waals surface area contributed by atoms with E-state index >= 15 is 0 Å². The molecule has 5 rings (SSSR count). The molecule has 0 radical (unpaired) electrons.